The highest BCUT2D eigenvalue weighted by Gasteiger charge is 2.13. The lowest BCUT2D eigenvalue weighted by Gasteiger charge is -2.08. The molecule has 6 nitrogen and oxygen atoms in total. The summed E-state index contributed by atoms with van der Waals surface area (Å²) >= 11 is 1.38. The van der Waals surface area contributed by atoms with Crippen molar-refractivity contribution in [3.8, 4) is 0 Å². The van der Waals surface area contributed by atoms with Crippen LogP contribution in [-0.2, 0) is 16.4 Å². The first-order chi connectivity index (χ1) is 14.5. The molecular weight excluding hydrogens is 420 g/mol. The Morgan fingerprint density at radius 1 is 0.833 bits per heavy atom. The molecule has 3 aromatic rings. The fourth-order valence-corrected chi connectivity index (χ4v) is 4.74. The molecule has 1 aromatic heterocycles. The van der Waals surface area contributed by atoms with Gasteiger partial charge in [0.2, 0.25) is 0 Å². The van der Waals surface area contributed by atoms with E-state index in [1.54, 1.807) is 60.7 Å². The van der Waals surface area contributed by atoms with E-state index >= 15 is 0 Å². The average Bonchev–Trinajstić information content (AvgIpc) is 3.31. The number of thiophene rings is 1. The molecule has 2 aromatic carbocycles. The molecule has 2 N–H and O–H groups in total. The smallest absolute Gasteiger partial charge is 0.261 e. The quantitative estimate of drug-likeness (QED) is 0.498. The van der Waals surface area contributed by atoms with Gasteiger partial charge in [-0.05, 0) is 47.7 Å². The maximum absolute atomic E-state index is 12.2. The predicted molar refractivity (Wildman–Crippen MR) is 117 cm³/mol. The molecule has 8 heteroatoms. The first-order valence-electron chi connectivity index (χ1n) is 9.42. The molecular formula is C22H22N2O4S2. The van der Waals surface area contributed by atoms with Crippen LogP contribution in [-0.4, -0.2) is 32.5 Å². The summed E-state index contributed by atoms with van der Waals surface area (Å²) in [6.07, 6.45) is 0.329. The lowest BCUT2D eigenvalue weighted by atomic mass is 10.1. The SMILES string of the molecule is O=C(NCCCS(=O)(=O)c1ccccc1)c1ccc(CNC(=O)c2cccs2)cc1. The van der Waals surface area contributed by atoms with Crippen molar-refractivity contribution in [3.05, 3.63) is 88.1 Å². The number of carbonyl (C=O) groups is 2. The van der Waals surface area contributed by atoms with Gasteiger partial charge in [0.1, 0.15) is 0 Å². The topological polar surface area (TPSA) is 92.3 Å². The minimum atomic E-state index is -3.34. The molecule has 2 amide bonds. The first-order valence-corrected chi connectivity index (χ1v) is 12.0. The number of hydrogen-bond donors (Lipinski definition) is 2. The van der Waals surface area contributed by atoms with E-state index in [2.05, 4.69) is 10.6 Å². The van der Waals surface area contributed by atoms with Crippen molar-refractivity contribution in [1.82, 2.24) is 10.6 Å². The molecule has 0 saturated heterocycles. The molecule has 156 valence electrons. The van der Waals surface area contributed by atoms with E-state index in [-0.39, 0.29) is 29.0 Å². The second kappa shape index (κ2) is 10.2. The van der Waals surface area contributed by atoms with Gasteiger partial charge in [-0.1, -0.05) is 36.4 Å². The third kappa shape index (κ3) is 6.01. The van der Waals surface area contributed by atoms with E-state index in [9.17, 15) is 18.0 Å². The van der Waals surface area contributed by atoms with Gasteiger partial charge in [-0.2, -0.15) is 0 Å². The number of hydrogen-bond acceptors (Lipinski definition) is 5. The second-order valence-electron chi connectivity index (χ2n) is 6.60. The highest BCUT2D eigenvalue weighted by Crippen LogP contribution is 2.11. The van der Waals surface area contributed by atoms with Crippen molar-refractivity contribution in [2.45, 2.75) is 17.9 Å². The summed E-state index contributed by atoms with van der Waals surface area (Å²) in [7, 11) is -3.34. The van der Waals surface area contributed by atoms with Crippen molar-refractivity contribution in [3.63, 3.8) is 0 Å². The van der Waals surface area contributed by atoms with Gasteiger partial charge in [-0.15, -0.1) is 11.3 Å². The lowest BCUT2D eigenvalue weighted by molar-refractivity contribution is 0.0945. The molecule has 0 unspecified atom stereocenters. The molecule has 0 aliphatic rings. The van der Waals surface area contributed by atoms with Gasteiger partial charge in [0.05, 0.1) is 15.5 Å². The zero-order valence-electron chi connectivity index (χ0n) is 16.2. The van der Waals surface area contributed by atoms with Crippen LogP contribution in [0.15, 0.2) is 77.0 Å². The Morgan fingerprint density at radius 3 is 2.23 bits per heavy atom. The molecule has 0 aliphatic heterocycles. The van der Waals surface area contributed by atoms with Crippen LogP contribution in [0.5, 0.6) is 0 Å². The third-order valence-corrected chi connectivity index (χ3v) is 7.08. The van der Waals surface area contributed by atoms with Gasteiger partial charge in [-0.3, -0.25) is 9.59 Å². The van der Waals surface area contributed by atoms with Crippen LogP contribution in [0.4, 0.5) is 0 Å². The van der Waals surface area contributed by atoms with Crippen molar-refractivity contribution in [2.24, 2.45) is 0 Å². The fourth-order valence-electron chi connectivity index (χ4n) is 2.76. The van der Waals surface area contributed by atoms with Gasteiger partial charge in [0, 0.05) is 18.7 Å². The van der Waals surface area contributed by atoms with Crippen molar-refractivity contribution in [2.75, 3.05) is 12.3 Å². The van der Waals surface area contributed by atoms with E-state index in [1.165, 1.54) is 11.3 Å². The Labute approximate surface area is 179 Å². The summed E-state index contributed by atoms with van der Waals surface area (Å²) in [5.74, 6) is -0.418. The number of rotatable bonds is 9. The highest BCUT2D eigenvalue weighted by molar-refractivity contribution is 7.91. The monoisotopic (exact) mass is 442 g/mol. The van der Waals surface area contributed by atoms with E-state index in [4.69, 9.17) is 0 Å². The maximum atomic E-state index is 12.2. The molecule has 0 radical (unpaired) electrons. The molecule has 30 heavy (non-hydrogen) atoms. The van der Waals surface area contributed by atoms with Crippen molar-refractivity contribution >= 4 is 33.0 Å². The third-order valence-electron chi connectivity index (χ3n) is 4.39. The van der Waals surface area contributed by atoms with E-state index < -0.39 is 9.84 Å². The average molecular weight is 443 g/mol. The molecule has 3 rings (SSSR count). The Bertz CT molecular complexity index is 1080. The highest BCUT2D eigenvalue weighted by atomic mass is 32.2. The summed E-state index contributed by atoms with van der Waals surface area (Å²) in [6.45, 7) is 0.638. The molecule has 0 fully saturated rings. The van der Waals surface area contributed by atoms with Gasteiger partial charge in [0.15, 0.2) is 9.84 Å². The van der Waals surface area contributed by atoms with Crippen LogP contribution in [0, 0.1) is 0 Å². The largest absolute Gasteiger partial charge is 0.352 e. The second-order valence-corrected chi connectivity index (χ2v) is 9.66. The van der Waals surface area contributed by atoms with E-state index in [0.717, 1.165) is 5.56 Å². The number of sulfone groups is 1. The molecule has 0 aliphatic carbocycles. The number of amides is 2. The van der Waals surface area contributed by atoms with Gasteiger partial charge in [0.25, 0.3) is 11.8 Å². The van der Waals surface area contributed by atoms with Crippen LogP contribution in [0.1, 0.15) is 32.0 Å². The van der Waals surface area contributed by atoms with Gasteiger partial charge in [-0.25, -0.2) is 8.42 Å². The van der Waals surface area contributed by atoms with Crippen LogP contribution < -0.4 is 10.6 Å². The Kier molecular flexibility index (Phi) is 7.37. The number of carbonyl (C=O) groups excluding carboxylic acids is 2. The van der Waals surface area contributed by atoms with Crippen LogP contribution in [0.3, 0.4) is 0 Å². The standard InChI is InChI=1S/C22H22N2O4S2/c25-21(23-13-5-15-30(27,28)19-6-2-1-3-7-19)18-11-9-17(10-12-18)16-24-22(26)20-8-4-14-29-20/h1-4,6-12,14H,5,13,15-16H2,(H,23,25)(H,24,26). The van der Waals surface area contributed by atoms with Crippen LogP contribution in [0.2, 0.25) is 0 Å². The number of nitrogens with one attached hydrogen (secondary N) is 2. The van der Waals surface area contributed by atoms with E-state index in [1.807, 2.05) is 11.4 Å². The molecule has 0 atom stereocenters. The summed E-state index contributed by atoms with van der Waals surface area (Å²) in [5, 5.41) is 7.42. The Hall–Kier alpha value is -2.97. The molecule has 0 bridgehead atoms. The zero-order valence-corrected chi connectivity index (χ0v) is 17.8. The fraction of sp³-hybridized carbons (Fsp3) is 0.182. The van der Waals surface area contributed by atoms with E-state index in [0.29, 0.717) is 23.4 Å². The molecule has 0 saturated carbocycles. The first kappa shape index (κ1) is 21.7. The molecule has 0 spiro atoms. The minimum absolute atomic E-state index is 0.0276. The summed E-state index contributed by atoms with van der Waals surface area (Å²) < 4.78 is 24.5. The lowest BCUT2D eigenvalue weighted by Crippen LogP contribution is -2.26. The predicted octanol–water partition coefficient (Wildman–Crippen LogP) is 3.27. The number of benzene rings is 2. The maximum Gasteiger partial charge on any atom is 0.261 e. The molecule has 1 heterocycles. The normalized spacial score (nSPS) is 11.1. The Balaban J connectivity index is 1.43. The van der Waals surface area contributed by atoms with Gasteiger partial charge >= 0.3 is 0 Å². The van der Waals surface area contributed by atoms with Gasteiger partial charge < -0.3 is 10.6 Å². The minimum Gasteiger partial charge on any atom is -0.352 e. The van der Waals surface area contributed by atoms with Crippen LogP contribution in [0.25, 0.3) is 0 Å². The summed E-state index contributed by atoms with van der Waals surface area (Å²) in [5.41, 5.74) is 1.36. The summed E-state index contributed by atoms with van der Waals surface area (Å²) in [6, 6.07) is 18.8. The van der Waals surface area contributed by atoms with Crippen molar-refractivity contribution < 1.29 is 18.0 Å². The Morgan fingerprint density at radius 2 is 1.57 bits per heavy atom. The zero-order chi connectivity index (χ0) is 21.4. The summed E-state index contributed by atoms with van der Waals surface area (Å²) in [4.78, 5) is 25.1. The van der Waals surface area contributed by atoms with Crippen molar-refractivity contribution in [1.29, 1.82) is 0 Å². The van der Waals surface area contributed by atoms with Crippen LogP contribution >= 0.6 is 11.3 Å².